The molecule has 1 aliphatic rings. The number of carbonyl (C=O) groups excluding carboxylic acids is 1. The van der Waals surface area contributed by atoms with E-state index in [0.29, 0.717) is 13.0 Å². The summed E-state index contributed by atoms with van der Waals surface area (Å²) in [4.78, 5) is 13.9. The van der Waals surface area contributed by atoms with Gasteiger partial charge >= 0.3 is 0 Å². The van der Waals surface area contributed by atoms with Crippen molar-refractivity contribution in [3.63, 3.8) is 0 Å². The van der Waals surface area contributed by atoms with E-state index < -0.39 is 0 Å². The normalized spacial score (nSPS) is 18.2. The molecule has 0 bridgehead atoms. The predicted octanol–water partition coefficient (Wildman–Crippen LogP) is 2.84. The predicted molar refractivity (Wildman–Crippen MR) is 78.2 cm³/mol. The summed E-state index contributed by atoms with van der Waals surface area (Å²) in [7, 11) is 0. The van der Waals surface area contributed by atoms with Gasteiger partial charge in [0.1, 0.15) is 11.3 Å². The van der Waals surface area contributed by atoms with E-state index >= 15 is 0 Å². The summed E-state index contributed by atoms with van der Waals surface area (Å²) >= 11 is 0. The second-order valence-electron chi connectivity index (χ2n) is 5.44. The number of hydrogen-bond acceptors (Lipinski definition) is 3. The average molecular weight is 272 g/mol. The number of amides is 1. The molecule has 0 radical (unpaired) electrons. The quantitative estimate of drug-likeness (QED) is 0.934. The van der Waals surface area contributed by atoms with Gasteiger partial charge in [-0.3, -0.25) is 4.79 Å². The number of nitrogens with two attached hydrogens (primary N) is 1. The van der Waals surface area contributed by atoms with Crippen molar-refractivity contribution in [1.29, 1.82) is 0 Å². The standard InChI is InChI=1S/C16H20N2O2/c17-13(11-18-9-5-1-2-8-16(18)19)15-10-12-6-3-4-7-14(12)20-15/h3-4,6-7,10,13H,1-2,5,8-9,11,17H2. The first-order chi connectivity index (χ1) is 9.74. The smallest absolute Gasteiger partial charge is 0.222 e. The van der Waals surface area contributed by atoms with Gasteiger partial charge in [-0.1, -0.05) is 24.6 Å². The fourth-order valence-corrected chi connectivity index (χ4v) is 2.74. The van der Waals surface area contributed by atoms with Crippen molar-refractivity contribution < 1.29 is 9.21 Å². The molecule has 4 heteroatoms. The van der Waals surface area contributed by atoms with E-state index in [1.165, 1.54) is 0 Å². The van der Waals surface area contributed by atoms with Crippen LogP contribution in [0.5, 0.6) is 0 Å². The summed E-state index contributed by atoms with van der Waals surface area (Å²) in [5, 5.41) is 1.06. The molecule has 4 nitrogen and oxygen atoms in total. The first-order valence-electron chi connectivity index (χ1n) is 7.26. The molecule has 1 unspecified atom stereocenters. The highest BCUT2D eigenvalue weighted by molar-refractivity contribution is 5.78. The molecule has 1 aromatic carbocycles. The van der Waals surface area contributed by atoms with Gasteiger partial charge in [0.2, 0.25) is 5.91 Å². The van der Waals surface area contributed by atoms with Gasteiger partial charge in [-0.25, -0.2) is 0 Å². The van der Waals surface area contributed by atoms with E-state index in [0.717, 1.165) is 42.5 Å². The van der Waals surface area contributed by atoms with Crippen LogP contribution < -0.4 is 5.73 Å². The van der Waals surface area contributed by atoms with Crippen LogP contribution in [0.2, 0.25) is 0 Å². The maximum absolute atomic E-state index is 12.0. The molecule has 0 spiro atoms. The van der Waals surface area contributed by atoms with Gasteiger partial charge < -0.3 is 15.1 Å². The second-order valence-corrected chi connectivity index (χ2v) is 5.44. The van der Waals surface area contributed by atoms with Crippen molar-refractivity contribution in [2.45, 2.75) is 31.7 Å². The van der Waals surface area contributed by atoms with Crippen molar-refractivity contribution >= 4 is 16.9 Å². The Hall–Kier alpha value is -1.81. The van der Waals surface area contributed by atoms with Crippen LogP contribution in [0.15, 0.2) is 34.7 Å². The van der Waals surface area contributed by atoms with E-state index in [9.17, 15) is 4.79 Å². The summed E-state index contributed by atoms with van der Waals surface area (Å²) in [6, 6.07) is 9.58. The van der Waals surface area contributed by atoms with Gasteiger partial charge in [0.25, 0.3) is 0 Å². The summed E-state index contributed by atoms with van der Waals surface area (Å²) < 4.78 is 5.77. The lowest BCUT2D eigenvalue weighted by Crippen LogP contribution is -2.36. The Morgan fingerprint density at radius 2 is 2.10 bits per heavy atom. The highest BCUT2D eigenvalue weighted by Gasteiger charge is 2.21. The molecule has 106 valence electrons. The maximum Gasteiger partial charge on any atom is 0.222 e. The number of hydrogen-bond donors (Lipinski definition) is 1. The van der Waals surface area contributed by atoms with Crippen molar-refractivity contribution in [2.24, 2.45) is 5.73 Å². The Kier molecular flexibility index (Phi) is 3.74. The van der Waals surface area contributed by atoms with Crippen molar-refractivity contribution in [2.75, 3.05) is 13.1 Å². The van der Waals surface area contributed by atoms with Gasteiger partial charge in [-0.2, -0.15) is 0 Å². The Bertz CT molecular complexity index is 572. The minimum atomic E-state index is -0.260. The van der Waals surface area contributed by atoms with Crippen LogP contribution in [0.4, 0.5) is 0 Å². The lowest BCUT2D eigenvalue weighted by molar-refractivity contribution is -0.131. The zero-order valence-corrected chi connectivity index (χ0v) is 11.5. The van der Waals surface area contributed by atoms with Gasteiger partial charge in [0.05, 0.1) is 6.04 Å². The molecular formula is C16H20N2O2. The minimum absolute atomic E-state index is 0.217. The first kappa shape index (κ1) is 13.2. The number of carbonyl (C=O) groups is 1. The van der Waals surface area contributed by atoms with E-state index in [1.54, 1.807) is 0 Å². The molecule has 0 saturated carbocycles. The second kappa shape index (κ2) is 5.67. The van der Waals surface area contributed by atoms with E-state index in [1.807, 2.05) is 35.2 Å². The molecule has 1 aromatic heterocycles. The number of benzene rings is 1. The molecule has 1 atom stereocenters. The topological polar surface area (TPSA) is 59.5 Å². The van der Waals surface area contributed by atoms with Crippen LogP contribution in [0.25, 0.3) is 11.0 Å². The van der Waals surface area contributed by atoms with Crippen molar-refractivity contribution in [3.8, 4) is 0 Å². The van der Waals surface area contributed by atoms with Crippen molar-refractivity contribution in [1.82, 2.24) is 4.90 Å². The molecule has 1 amide bonds. The summed E-state index contributed by atoms with van der Waals surface area (Å²) in [6.07, 6.45) is 3.84. The van der Waals surface area contributed by atoms with Gasteiger partial charge in [0, 0.05) is 24.9 Å². The number of furan rings is 1. The minimum Gasteiger partial charge on any atom is -0.459 e. The number of para-hydroxylation sites is 1. The SMILES string of the molecule is NC(CN1CCCCCC1=O)c1cc2ccccc2o1. The van der Waals surface area contributed by atoms with E-state index in [-0.39, 0.29) is 11.9 Å². The monoisotopic (exact) mass is 272 g/mol. The lowest BCUT2D eigenvalue weighted by atomic mass is 10.2. The highest BCUT2D eigenvalue weighted by atomic mass is 16.3. The highest BCUT2D eigenvalue weighted by Crippen LogP contribution is 2.24. The summed E-state index contributed by atoms with van der Waals surface area (Å²) in [5.74, 6) is 0.970. The average Bonchev–Trinajstić information content (AvgIpc) is 2.79. The number of rotatable bonds is 3. The zero-order valence-electron chi connectivity index (χ0n) is 11.5. The van der Waals surface area contributed by atoms with Gasteiger partial charge in [-0.15, -0.1) is 0 Å². The Morgan fingerprint density at radius 3 is 2.95 bits per heavy atom. The fourth-order valence-electron chi connectivity index (χ4n) is 2.74. The fraction of sp³-hybridized carbons (Fsp3) is 0.438. The number of likely N-dealkylation sites (tertiary alicyclic amines) is 1. The first-order valence-corrected chi connectivity index (χ1v) is 7.26. The third-order valence-corrected chi connectivity index (χ3v) is 3.90. The Morgan fingerprint density at radius 1 is 1.25 bits per heavy atom. The van der Waals surface area contributed by atoms with Crippen LogP contribution in [0.1, 0.15) is 37.5 Å². The summed E-state index contributed by atoms with van der Waals surface area (Å²) in [5.41, 5.74) is 7.06. The van der Waals surface area contributed by atoms with Crippen molar-refractivity contribution in [3.05, 3.63) is 36.1 Å². The maximum atomic E-state index is 12.0. The van der Waals surface area contributed by atoms with Gasteiger partial charge in [0.15, 0.2) is 0 Å². The van der Waals surface area contributed by atoms with Crippen LogP contribution in [0, 0.1) is 0 Å². The molecule has 1 aliphatic heterocycles. The Balaban J connectivity index is 1.74. The van der Waals surface area contributed by atoms with E-state index in [4.69, 9.17) is 10.2 Å². The number of fused-ring (bicyclic) bond motifs is 1. The molecule has 3 rings (SSSR count). The molecule has 1 fully saturated rings. The molecule has 1 saturated heterocycles. The molecule has 2 N–H and O–H groups in total. The molecule has 0 aliphatic carbocycles. The molecule has 2 heterocycles. The summed E-state index contributed by atoms with van der Waals surface area (Å²) in [6.45, 7) is 1.35. The molecular weight excluding hydrogens is 252 g/mol. The molecule has 2 aromatic rings. The third-order valence-electron chi connectivity index (χ3n) is 3.90. The molecule has 20 heavy (non-hydrogen) atoms. The Labute approximate surface area is 118 Å². The van der Waals surface area contributed by atoms with Crippen LogP contribution in [-0.4, -0.2) is 23.9 Å². The van der Waals surface area contributed by atoms with Crippen LogP contribution in [-0.2, 0) is 4.79 Å². The lowest BCUT2D eigenvalue weighted by Gasteiger charge is -2.23. The van der Waals surface area contributed by atoms with E-state index in [2.05, 4.69) is 0 Å². The van der Waals surface area contributed by atoms with Gasteiger partial charge in [-0.05, 0) is 25.0 Å². The largest absolute Gasteiger partial charge is 0.459 e. The van der Waals surface area contributed by atoms with Crippen LogP contribution >= 0.6 is 0 Å². The third kappa shape index (κ3) is 2.70. The van der Waals surface area contributed by atoms with Crippen LogP contribution in [0.3, 0.4) is 0 Å². The number of nitrogens with zero attached hydrogens (tertiary/aromatic N) is 1. The zero-order chi connectivity index (χ0) is 13.9.